The lowest BCUT2D eigenvalue weighted by Gasteiger charge is -2.33. The molecule has 0 fully saturated rings. The maximum absolute atomic E-state index is 14.3. The zero-order valence-corrected chi connectivity index (χ0v) is 28.8. The highest BCUT2D eigenvalue weighted by Crippen LogP contribution is 2.28. The zero-order chi connectivity index (χ0) is 34.5. The summed E-state index contributed by atoms with van der Waals surface area (Å²) >= 11 is 0. The number of esters is 1. The summed E-state index contributed by atoms with van der Waals surface area (Å²) in [5.74, 6) is -1.64. The predicted octanol–water partition coefficient (Wildman–Crippen LogP) is 6.13. The molecule has 0 aromatic heterocycles. The molecule has 10 nitrogen and oxygen atoms in total. The van der Waals surface area contributed by atoms with Crippen molar-refractivity contribution in [2.24, 2.45) is 0 Å². The van der Waals surface area contributed by atoms with E-state index in [1.165, 1.54) is 11.0 Å². The van der Waals surface area contributed by atoms with Crippen LogP contribution in [0, 0.1) is 6.92 Å². The van der Waals surface area contributed by atoms with Gasteiger partial charge < -0.3 is 30.1 Å². The Morgan fingerprint density at radius 2 is 1.50 bits per heavy atom. The van der Waals surface area contributed by atoms with Gasteiger partial charge in [-0.05, 0) is 83.7 Å². The Balaban J connectivity index is 2.51. The van der Waals surface area contributed by atoms with Gasteiger partial charge in [0.2, 0.25) is 11.8 Å². The minimum Gasteiger partial charge on any atom is -0.508 e. The molecular formula is C36H53N3O7. The topological polar surface area (TPSA) is 134 Å². The molecule has 2 unspecified atom stereocenters. The van der Waals surface area contributed by atoms with Gasteiger partial charge in [0.15, 0.2) is 0 Å². The van der Waals surface area contributed by atoms with Crippen molar-refractivity contribution in [2.75, 3.05) is 13.1 Å². The molecule has 254 valence electrons. The number of phenols is 1. The molecule has 0 spiro atoms. The van der Waals surface area contributed by atoms with Gasteiger partial charge in [-0.1, -0.05) is 69.0 Å². The van der Waals surface area contributed by atoms with E-state index in [9.17, 15) is 24.3 Å². The maximum atomic E-state index is 14.3. The van der Waals surface area contributed by atoms with E-state index in [2.05, 4.69) is 17.6 Å². The van der Waals surface area contributed by atoms with Gasteiger partial charge in [-0.15, -0.1) is 0 Å². The summed E-state index contributed by atoms with van der Waals surface area (Å²) < 4.78 is 11.0. The SMILES string of the molecule is CCCCCCCN(C(=O)CNC(=O)OC(C)(C)C)C(C(=O)NC(Cc1ccccc1)C(=O)OC(C)(C)C)c1ccc(O)c(C)c1. The predicted molar refractivity (Wildman–Crippen MR) is 178 cm³/mol. The number of hydrogen-bond donors (Lipinski definition) is 3. The number of ether oxygens (including phenoxy) is 2. The number of nitrogens with one attached hydrogen (secondary N) is 2. The van der Waals surface area contributed by atoms with Gasteiger partial charge in [-0.2, -0.15) is 0 Å². The first kappa shape index (κ1) is 38.1. The number of aromatic hydroxyl groups is 1. The van der Waals surface area contributed by atoms with Crippen molar-refractivity contribution in [3.8, 4) is 5.75 Å². The number of hydrogen-bond acceptors (Lipinski definition) is 7. The molecule has 0 saturated carbocycles. The van der Waals surface area contributed by atoms with E-state index in [0.29, 0.717) is 17.5 Å². The van der Waals surface area contributed by atoms with E-state index < -0.39 is 53.7 Å². The number of aryl methyl sites for hydroxylation is 1. The number of carbonyl (C=O) groups excluding carboxylic acids is 4. The second kappa shape index (κ2) is 17.6. The maximum Gasteiger partial charge on any atom is 0.408 e. The minimum atomic E-state index is -1.17. The van der Waals surface area contributed by atoms with Crippen LogP contribution in [-0.4, -0.2) is 64.2 Å². The van der Waals surface area contributed by atoms with Crippen LogP contribution < -0.4 is 10.6 Å². The molecule has 10 heteroatoms. The minimum absolute atomic E-state index is 0.0441. The summed E-state index contributed by atoms with van der Waals surface area (Å²) in [6.07, 6.45) is 3.96. The second-order valence-corrected chi connectivity index (χ2v) is 13.6. The molecule has 0 heterocycles. The number of unbranched alkanes of at least 4 members (excludes halogenated alkanes) is 4. The fourth-order valence-electron chi connectivity index (χ4n) is 4.84. The quantitative estimate of drug-likeness (QED) is 0.158. The third-order valence-electron chi connectivity index (χ3n) is 6.99. The highest BCUT2D eigenvalue weighted by molar-refractivity contribution is 5.93. The van der Waals surface area contributed by atoms with E-state index in [1.807, 2.05) is 30.3 Å². The molecule has 2 aromatic rings. The summed E-state index contributed by atoms with van der Waals surface area (Å²) in [5.41, 5.74) is 0.243. The lowest BCUT2D eigenvalue weighted by Crippen LogP contribution is -2.52. The molecule has 2 rings (SSSR count). The van der Waals surface area contributed by atoms with Crippen molar-refractivity contribution in [3.05, 3.63) is 65.2 Å². The van der Waals surface area contributed by atoms with Gasteiger partial charge >= 0.3 is 12.1 Å². The smallest absolute Gasteiger partial charge is 0.408 e. The molecule has 2 atom stereocenters. The number of benzene rings is 2. The Hall–Kier alpha value is -4.08. The van der Waals surface area contributed by atoms with E-state index in [-0.39, 0.29) is 18.7 Å². The second-order valence-electron chi connectivity index (χ2n) is 13.6. The van der Waals surface area contributed by atoms with Crippen LogP contribution in [0.1, 0.15) is 103 Å². The van der Waals surface area contributed by atoms with Gasteiger partial charge in [-0.3, -0.25) is 9.59 Å². The molecule has 0 bridgehead atoms. The number of phenolic OH excluding ortho intramolecular Hbond substituents is 1. The molecule has 0 saturated heterocycles. The van der Waals surface area contributed by atoms with Gasteiger partial charge in [0, 0.05) is 13.0 Å². The first-order valence-electron chi connectivity index (χ1n) is 16.1. The van der Waals surface area contributed by atoms with Crippen LogP contribution in [0.4, 0.5) is 4.79 Å². The molecule has 0 aliphatic rings. The molecule has 0 aliphatic heterocycles. The number of amides is 3. The van der Waals surface area contributed by atoms with Crippen molar-refractivity contribution >= 4 is 23.9 Å². The van der Waals surface area contributed by atoms with E-state index >= 15 is 0 Å². The Bertz CT molecular complexity index is 1300. The molecule has 46 heavy (non-hydrogen) atoms. The first-order chi connectivity index (χ1) is 21.5. The number of carbonyl (C=O) groups is 4. The van der Waals surface area contributed by atoms with Crippen molar-refractivity contribution in [1.29, 1.82) is 0 Å². The van der Waals surface area contributed by atoms with Crippen LogP contribution in [0.25, 0.3) is 0 Å². The standard InChI is InChI=1S/C36H53N3O7/c1-9-10-11-12-16-21-39(30(41)24-37-34(44)46-36(6,7)8)31(27-19-20-29(40)25(2)22-27)32(42)38-28(33(43)45-35(3,4)5)23-26-17-14-13-15-18-26/h13-15,17-20,22,28,31,40H,9-12,16,21,23-24H2,1-8H3,(H,37,44)(H,38,42). The molecule has 3 N–H and O–H groups in total. The molecule has 0 radical (unpaired) electrons. The highest BCUT2D eigenvalue weighted by Gasteiger charge is 2.35. The Morgan fingerprint density at radius 1 is 0.870 bits per heavy atom. The fraction of sp³-hybridized carbons (Fsp3) is 0.556. The Labute approximate surface area is 274 Å². The Morgan fingerprint density at radius 3 is 2.09 bits per heavy atom. The molecular weight excluding hydrogens is 586 g/mol. The zero-order valence-electron chi connectivity index (χ0n) is 28.8. The van der Waals surface area contributed by atoms with Gasteiger partial charge in [-0.25, -0.2) is 9.59 Å². The number of nitrogens with zero attached hydrogens (tertiary/aromatic N) is 1. The number of rotatable bonds is 15. The van der Waals surface area contributed by atoms with Crippen LogP contribution in [0.5, 0.6) is 5.75 Å². The van der Waals surface area contributed by atoms with E-state index in [0.717, 1.165) is 31.2 Å². The first-order valence-corrected chi connectivity index (χ1v) is 16.1. The normalized spacial score (nSPS) is 12.9. The summed E-state index contributed by atoms with van der Waals surface area (Å²) in [6.45, 7) is 14.1. The van der Waals surface area contributed by atoms with E-state index in [1.54, 1.807) is 60.6 Å². The van der Waals surface area contributed by atoms with Crippen LogP contribution in [0.3, 0.4) is 0 Å². The summed E-state index contributed by atoms with van der Waals surface area (Å²) in [4.78, 5) is 55.4. The largest absolute Gasteiger partial charge is 0.508 e. The van der Waals surface area contributed by atoms with Gasteiger partial charge in [0.05, 0.1) is 0 Å². The van der Waals surface area contributed by atoms with Crippen molar-refractivity contribution < 1.29 is 33.8 Å². The average molecular weight is 640 g/mol. The van der Waals surface area contributed by atoms with Crippen molar-refractivity contribution in [3.63, 3.8) is 0 Å². The van der Waals surface area contributed by atoms with Gasteiger partial charge in [0.25, 0.3) is 0 Å². The molecule has 0 aliphatic carbocycles. The van der Waals surface area contributed by atoms with E-state index in [4.69, 9.17) is 9.47 Å². The van der Waals surface area contributed by atoms with Crippen LogP contribution in [0.2, 0.25) is 0 Å². The third kappa shape index (κ3) is 13.5. The van der Waals surface area contributed by atoms with Crippen LogP contribution in [0.15, 0.2) is 48.5 Å². The third-order valence-corrected chi connectivity index (χ3v) is 6.99. The van der Waals surface area contributed by atoms with Crippen LogP contribution >= 0.6 is 0 Å². The lowest BCUT2D eigenvalue weighted by molar-refractivity contribution is -0.159. The highest BCUT2D eigenvalue weighted by atomic mass is 16.6. The average Bonchev–Trinajstić information content (AvgIpc) is 2.95. The van der Waals surface area contributed by atoms with Crippen molar-refractivity contribution in [1.82, 2.24) is 15.5 Å². The molecule has 3 amide bonds. The summed E-state index contributed by atoms with van der Waals surface area (Å²) in [5, 5.41) is 15.7. The molecule has 2 aromatic carbocycles. The lowest BCUT2D eigenvalue weighted by atomic mass is 9.99. The summed E-state index contributed by atoms with van der Waals surface area (Å²) in [6, 6.07) is 11.8. The number of alkyl carbamates (subject to hydrolysis) is 1. The van der Waals surface area contributed by atoms with Crippen molar-refractivity contribution in [2.45, 2.75) is 117 Å². The monoisotopic (exact) mass is 639 g/mol. The fourth-order valence-corrected chi connectivity index (χ4v) is 4.84. The van der Waals surface area contributed by atoms with Crippen LogP contribution in [-0.2, 0) is 30.3 Å². The Kier molecular flexibility index (Phi) is 14.6. The summed E-state index contributed by atoms with van der Waals surface area (Å²) in [7, 11) is 0. The van der Waals surface area contributed by atoms with Gasteiger partial charge in [0.1, 0.15) is 35.6 Å².